The van der Waals surface area contributed by atoms with Gasteiger partial charge in [-0.2, -0.15) is 5.26 Å². The molecule has 5 heteroatoms. The van der Waals surface area contributed by atoms with Gasteiger partial charge in [0, 0.05) is 17.4 Å². The molecule has 0 fully saturated rings. The molecule has 0 radical (unpaired) electrons. The van der Waals surface area contributed by atoms with Gasteiger partial charge in [-0.15, -0.1) is 0 Å². The fourth-order valence-electron chi connectivity index (χ4n) is 2.70. The van der Waals surface area contributed by atoms with Crippen molar-refractivity contribution in [3.05, 3.63) is 11.6 Å². The first kappa shape index (κ1) is 17.2. The number of nitrogens with zero attached hydrogens (tertiary/aromatic N) is 1. The van der Waals surface area contributed by atoms with E-state index in [0.717, 1.165) is 0 Å². The standard InChI is InChI=1S/C16H24N2O3/c1-14(2,3)21-13(20)18-10-16(6)7-11(8-17)12(19)15(4,5)9-16/h7H,9-10H2,1-6H3,(H,18,20). The average Bonchev–Trinajstić information content (AvgIpc) is 2.29. The molecule has 0 saturated carbocycles. The summed E-state index contributed by atoms with van der Waals surface area (Å²) >= 11 is 0. The molecule has 1 rings (SSSR count). The predicted octanol–water partition coefficient (Wildman–Crippen LogP) is 2.97. The van der Waals surface area contributed by atoms with E-state index in [-0.39, 0.29) is 11.4 Å². The first-order chi connectivity index (χ1) is 9.38. The molecule has 0 saturated heterocycles. The third-order valence-corrected chi connectivity index (χ3v) is 3.35. The van der Waals surface area contributed by atoms with Crippen LogP contribution in [0.15, 0.2) is 11.6 Å². The fourth-order valence-corrected chi connectivity index (χ4v) is 2.70. The van der Waals surface area contributed by atoms with Crippen LogP contribution in [0, 0.1) is 22.2 Å². The van der Waals surface area contributed by atoms with Gasteiger partial charge in [0.25, 0.3) is 0 Å². The molecule has 5 nitrogen and oxygen atoms in total. The largest absolute Gasteiger partial charge is 0.444 e. The van der Waals surface area contributed by atoms with E-state index in [1.807, 2.05) is 26.8 Å². The number of Topliss-reactive ketones (excluding diaryl/α,β-unsaturated/α-hetero) is 1. The van der Waals surface area contributed by atoms with E-state index in [4.69, 9.17) is 10.00 Å². The molecule has 1 aliphatic rings. The van der Waals surface area contributed by atoms with Crippen LogP contribution in [0.25, 0.3) is 0 Å². The minimum atomic E-state index is -0.607. The Hall–Kier alpha value is -1.83. The molecule has 1 unspecified atom stereocenters. The quantitative estimate of drug-likeness (QED) is 0.848. The number of hydrogen-bond donors (Lipinski definition) is 1. The summed E-state index contributed by atoms with van der Waals surface area (Å²) in [7, 11) is 0. The predicted molar refractivity (Wildman–Crippen MR) is 79.4 cm³/mol. The lowest BCUT2D eigenvalue weighted by Crippen LogP contribution is -2.44. The summed E-state index contributed by atoms with van der Waals surface area (Å²) in [5.41, 5.74) is -1.44. The molecule has 0 aromatic carbocycles. The molecule has 0 aromatic rings. The molecule has 0 spiro atoms. The number of hydrogen-bond acceptors (Lipinski definition) is 4. The first-order valence-electron chi connectivity index (χ1n) is 7.03. The van der Waals surface area contributed by atoms with E-state index < -0.39 is 22.5 Å². The Labute approximate surface area is 126 Å². The van der Waals surface area contributed by atoms with Crippen LogP contribution in [0.4, 0.5) is 4.79 Å². The zero-order valence-electron chi connectivity index (χ0n) is 13.7. The Bertz CT molecular complexity index is 521. The van der Waals surface area contributed by atoms with Gasteiger partial charge in [-0.3, -0.25) is 4.79 Å². The number of allylic oxidation sites excluding steroid dienone is 1. The number of ether oxygens (including phenoxy) is 1. The molecule has 1 N–H and O–H groups in total. The highest BCUT2D eigenvalue weighted by Gasteiger charge is 2.42. The van der Waals surface area contributed by atoms with Crippen LogP contribution in [-0.2, 0) is 9.53 Å². The highest BCUT2D eigenvalue weighted by atomic mass is 16.6. The number of amides is 1. The Balaban J connectivity index is 2.83. The number of nitrogens with one attached hydrogen (secondary N) is 1. The van der Waals surface area contributed by atoms with Gasteiger partial charge in [0.2, 0.25) is 0 Å². The van der Waals surface area contributed by atoms with Gasteiger partial charge in [-0.25, -0.2) is 4.79 Å². The van der Waals surface area contributed by atoms with Gasteiger partial charge in [0.05, 0.1) is 5.57 Å². The molecule has 1 amide bonds. The molecular weight excluding hydrogens is 268 g/mol. The topological polar surface area (TPSA) is 79.2 Å². The molecule has 0 aromatic heterocycles. The van der Waals surface area contributed by atoms with Crippen molar-refractivity contribution >= 4 is 11.9 Å². The maximum absolute atomic E-state index is 12.1. The number of alkyl carbamates (subject to hydrolysis) is 1. The lowest BCUT2D eigenvalue weighted by Gasteiger charge is -2.38. The Morgan fingerprint density at radius 2 is 2.00 bits per heavy atom. The summed E-state index contributed by atoms with van der Waals surface area (Å²) < 4.78 is 5.20. The van der Waals surface area contributed by atoms with Crippen LogP contribution < -0.4 is 5.32 Å². The van der Waals surface area contributed by atoms with Gasteiger partial charge in [0.1, 0.15) is 11.7 Å². The van der Waals surface area contributed by atoms with Crippen molar-refractivity contribution < 1.29 is 14.3 Å². The third kappa shape index (κ3) is 4.59. The maximum Gasteiger partial charge on any atom is 0.407 e. The summed E-state index contributed by atoms with van der Waals surface area (Å²) in [5, 5.41) is 11.8. The van der Waals surface area contributed by atoms with Crippen LogP contribution in [0.3, 0.4) is 0 Å². The van der Waals surface area contributed by atoms with Crippen molar-refractivity contribution in [2.45, 2.75) is 53.6 Å². The van der Waals surface area contributed by atoms with E-state index >= 15 is 0 Å². The average molecular weight is 292 g/mol. The fraction of sp³-hybridized carbons (Fsp3) is 0.688. The number of carbonyl (C=O) groups is 2. The van der Waals surface area contributed by atoms with Crippen molar-refractivity contribution in [2.24, 2.45) is 10.8 Å². The summed E-state index contributed by atoms with van der Waals surface area (Å²) in [6.07, 6.45) is 1.74. The lowest BCUT2D eigenvalue weighted by molar-refractivity contribution is -0.125. The van der Waals surface area contributed by atoms with Gasteiger partial charge < -0.3 is 10.1 Å². The Kier molecular flexibility index (Phi) is 4.52. The highest BCUT2D eigenvalue weighted by molar-refractivity contribution is 6.03. The summed E-state index contributed by atoms with van der Waals surface area (Å²) in [6.45, 7) is 11.3. The normalized spacial score (nSPS) is 24.8. The number of nitriles is 1. The number of carbonyl (C=O) groups excluding carboxylic acids is 2. The van der Waals surface area contributed by atoms with Crippen molar-refractivity contribution in [1.29, 1.82) is 5.26 Å². The van der Waals surface area contributed by atoms with Crippen LogP contribution >= 0.6 is 0 Å². The van der Waals surface area contributed by atoms with Gasteiger partial charge in [-0.1, -0.05) is 26.8 Å². The maximum atomic E-state index is 12.1. The van der Waals surface area contributed by atoms with Crippen molar-refractivity contribution in [2.75, 3.05) is 6.54 Å². The SMILES string of the molecule is CC1(CNC(=O)OC(C)(C)C)C=C(C#N)C(=O)C(C)(C)C1. The first-order valence-corrected chi connectivity index (χ1v) is 7.03. The van der Waals surface area contributed by atoms with Crippen LogP contribution in [0.5, 0.6) is 0 Å². The van der Waals surface area contributed by atoms with Crippen molar-refractivity contribution in [3.63, 3.8) is 0 Å². The number of ketones is 1. The lowest BCUT2D eigenvalue weighted by atomic mass is 9.65. The molecule has 0 heterocycles. The highest BCUT2D eigenvalue weighted by Crippen LogP contribution is 2.42. The van der Waals surface area contributed by atoms with Gasteiger partial charge >= 0.3 is 6.09 Å². The summed E-state index contributed by atoms with van der Waals surface area (Å²) in [5.74, 6) is -0.139. The van der Waals surface area contributed by atoms with Crippen LogP contribution in [0.2, 0.25) is 0 Å². The second-order valence-electron chi connectivity index (χ2n) is 7.57. The van der Waals surface area contributed by atoms with E-state index in [9.17, 15) is 9.59 Å². The van der Waals surface area contributed by atoms with E-state index in [1.165, 1.54) is 0 Å². The third-order valence-electron chi connectivity index (χ3n) is 3.35. The van der Waals surface area contributed by atoms with Gasteiger partial charge in [-0.05, 0) is 27.2 Å². The smallest absolute Gasteiger partial charge is 0.407 e. The molecule has 0 bridgehead atoms. The van der Waals surface area contributed by atoms with Gasteiger partial charge in [0.15, 0.2) is 5.78 Å². The molecule has 116 valence electrons. The minimum Gasteiger partial charge on any atom is -0.444 e. The summed E-state index contributed by atoms with van der Waals surface area (Å²) in [6, 6.07) is 1.96. The van der Waals surface area contributed by atoms with Crippen LogP contribution in [-0.4, -0.2) is 24.0 Å². The van der Waals surface area contributed by atoms with E-state index in [1.54, 1.807) is 26.8 Å². The van der Waals surface area contributed by atoms with E-state index in [2.05, 4.69) is 5.32 Å². The Morgan fingerprint density at radius 1 is 1.43 bits per heavy atom. The minimum absolute atomic E-state index is 0.139. The second kappa shape index (κ2) is 5.51. The zero-order chi connectivity index (χ0) is 16.5. The van der Waals surface area contributed by atoms with E-state index in [0.29, 0.717) is 13.0 Å². The van der Waals surface area contributed by atoms with Crippen LogP contribution in [0.1, 0.15) is 48.0 Å². The molecule has 21 heavy (non-hydrogen) atoms. The zero-order valence-corrected chi connectivity index (χ0v) is 13.7. The summed E-state index contributed by atoms with van der Waals surface area (Å²) in [4.78, 5) is 23.8. The Morgan fingerprint density at radius 3 is 2.48 bits per heavy atom. The molecule has 0 aliphatic heterocycles. The van der Waals surface area contributed by atoms with Crippen molar-refractivity contribution in [3.8, 4) is 6.07 Å². The molecular formula is C16H24N2O3. The number of rotatable bonds is 2. The monoisotopic (exact) mass is 292 g/mol. The molecule has 1 atom stereocenters. The molecule has 1 aliphatic carbocycles. The van der Waals surface area contributed by atoms with Crippen molar-refractivity contribution in [1.82, 2.24) is 5.32 Å². The second-order valence-corrected chi connectivity index (χ2v) is 7.57.